The summed E-state index contributed by atoms with van der Waals surface area (Å²) in [5.41, 5.74) is 0. The second-order valence-corrected chi connectivity index (χ2v) is 4.36. The molecule has 2 nitrogen and oxygen atoms in total. The minimum Gasteiger partial charge on any atom is -0.315 e. The van der Waals surface area contributed by atoms with Crippen LogP contribution in [-0.2, 0) is 10.8 Å². The molecule has 0 heterocycles. The van der Waals surface area contributed by atoms with Gasteiger partial charge in [-0.05, 0) is 19.9 Å². The summed E-state index contributed by atoms with van der Waals surface area (Å²) < 4.78 is 22.4. The fourth-order valence-corrected chi connectivity index (χ4v) is 0.967. The summed E-state index contributed by atoms with van der Waals surface area (Å²) in [6.07, 6.45) is 2.23. The van der Waals surface area contributed by atoms with Gasteiger partial charge in [-0.1, -0.05) is 0 Å². The zero-order valence-electron chi connectivity index (χ0n) is 7.10. The lowest BCUT2D eigenvalue weighted by Gasteiger charge is -2.08. The van der Waals surface area contributed by atoms with E-state index in [-0.39, 0.29) is 11.9 Å². The normalized spacial score (nSPS) is 16.3. The second-order valence-electron chi connectivity index (χ2n) is 2.56. The summed E-state index contributed by atoms with van der Waals surface area (Å²) >= 11 is 0. The number of rotatable bonds is 6. The van der Waals surface area contributed by atoms with E-state index in [0.29, 0.717) is 19.5 Å². The van der Waals surface area contributed by atoms with E-state index in [1.165, 1.54) is 0 Å². The third-order valence-electron chi connectivity index (χ3n) is 1.49. The Bertz CT molecular complexity index is 121. The van der Waals surface area contributed by atoms with Crippen molar-refractivity contribution in [2.24, 2.45) is 0 Å². The summed E-state index contributed by atoms with van der Waals surface area (Å²) in [5.74, 6) is 0. The van der Waals surface area contributed by atoms with E-state index in [1.54, 1.807) is 6.26 Å². The van der Waals surface area contributed by atoms with Crippen LogP contribution in [-0.4, -0.2) is 35.5 Å². The van der Waals surface area contributed by atoms with Crippen LogP contribution >= 0.6 is 0 Å². The molecular weight excluding hydrogens is 165 g/mol. The highest BCUT2D eigenvalue weighted by Gasteiger charge is 2.03. The van der Waals surface area contributed by atoms with Crippen molar-refractivity contribution in [2.45, 2.75) is 18.6 Å². The average molecular weight is 181 g/mol. The fourth-order valence-electron chi connectivity index (χ4n) is 0.614. The molecule has 4 heteroatoms. The molecule has 0 radical (unpaired) electrons. The lowest BCUT2D eigenvalue weighted by atomic mass is 10.4. The first-order valence-corrected chi connectivity index (χ1v) is 5.39. The SMILES string of the molecule is CC(CNCCCF)S(C)=O. The molecule has 0 saturated heterocycles. The van der Waals surface area contributed by atoms with Crippen LogP contribution in [0.2, 0.25) is 0 Å². The largest absolute Gasteiger partial charge is 0.315 e. The van der Waals surface area contributed by atoms with E-state index in [9.17, 15) is 8.60 Å². The topological polar surface area (TPSA) is 29.1 Å². The molecule has 0 aromatic heterocycles. The first-order valence-electron chi connectivity index (χ1n) is 3.77. The molecule has 0 rings (SSSR count). The van der Waals surface area contributed by atoms with Gasteiger partial charge in [-0.3, -0.25) is 8.60 Å². The molecule has 68 valence electrons. The Kier molecular flexibility index (Phi) is 6.76. The first kappa shape index (κ1) is 11.0. The van der Waals surface area contributed by atoms with E-state index < -0.39 is 10.8 Å². The minimum absolute atomic E-state index is 0.162. The van der Waals surface area contributed by atoms with E-state index in [1.807, 2.05) is 6.92 Å². The number of nitrogens with one attached hydrogen (secondary N) is 1. The minimum atomic E-state index is -0.772. The van der Waals surface area contributed by atoms with Crippen LogP contribution < -0.4 is 5.32 Å². The Morgan fingerprint density at radius 1 is 1.64 bits per heavy atom. The average Bonchev–Trinajstić information content (AvgIpc) is 1.97. The molecule has 0 aromatic carbocycles. The standard InChI is InChI=1S/C7H16FNOS/c1-7(11(2)10)6-9-5-3-4-8/h7,9H,3-6H2,1-2H3. The number of alkyl halides is 1. The van der Waals surface area contributed by atoms with Gasteiger partial charge in [0.25, 0.3) is 0 Å². The predicted octanol–water partition coefficient (Wildman–Crippen LogP) is 0.703. The van der Waals surface area contributed by atoms with E-state index in [0.717, 1.165) is 0 Å². The zero-order valence-corrected chi connectivity index (χ0v) is 7.92. The summed E-state index contributed by atoms with van der Waals surface area (Å²) in [6, 6.07) is 0. The molecule has 1 N–H and O–H groups in total. The van der Waals surface area contributed by atoms with Crippen molar-refractivity contribution < 1.29 is 8.60 Å². The molecule has 0 aliphatic rings. The molecule has 0 aromatic rings. The summed E-state index contributed by atoms with van der Waals surface area (Å²) in [5, 5.41) is 3.20. The molecule has 0 saturated carbocycles. The predicted molar refractivity (Wildman–Crippen MR) is 47.0 cm³/mol. The van der Waals surface area contributed by atoms with Crippen LogP contribution in [0.3, 0.4) is 0 Å². The molecule has 2 unspecified atom stereocenters. The van der Waals surface area contributed by atoms with Crippen molar-refractivity contribution in [3.05, 3.63) is 0 Å². The lowest BCUT2D eigenvalue weighted by Crippen LogP contribution is -2.28. The molecule has 11 heavy (non-hydrogen) atoms. The maximum absolute atomic E-state index is 11.6. The number of hydrogen-bond donors (Lipinski definition) is 1. The van der Waals surface area contributed by atoms with Gasteiger partial charge in [0.05, 0.1) is 6.67 Å². The van der Waals surface area contributed by atoms with Crippen LogP contribution in [0.1, 0.15) is 13.3 Å². The van der Waals surface area contributed by atoms with Crippen molar-refractivity contribution in [1.82, 2.24) is 5.32 Å². The molecule has 2 atom stereocenters. The quantitative estimate of drug-likeness (QED) is 0.611. The fraction of sp³-hybridized carbons (Fsp3) is 1.00. The van der Waals surface area contributed by atoms with Crippen molar-refractivity contribution in [3.63, 3.8) is 0 Å². The van der Waals surface area contributed by atoms with Gasteiger partial charge in [0.15, 0.2) is 0 Å². The molecule has 0 aliphatic heterocycles. The van der Waals surface area contributed by atoms with E-state index in [4.69, 9.17) is 0 Å². The van der Waals surface area contributed by atoms with E-state index >= 15 is 0 Å². The third kappa shape index (κ3) is 6.44. The van der Waals surface area contributed by atoms with Crippen LogP contribution in [0.5, 0.6) is 0 Å². The Morgan fingerprint density at radius 2 is 2.27 bits per heavy atom. The Labute approximate surface area is 70.0 Å². The van der Waals surface area contributed by atoms with Gasteiger partial charge in [-0.15, -0.1) is 0 Å². The molecular formula is C7H16FNOS. The van der Waals surface area contributed by atoms with Gasteiger partial charge in [-0.25, -0.2) is 0 Å². The van der Waals surface area contributed by atoms with Crippen LogP contribution in [0.25, 0.3) is 0 Å². The molecule has 0 aliphatic carbocycles. The van der Waals surface area contributed by atoms with Gasteiger partial charge in [0.1, 0.15) is 0 Å². The van der Waals surface area contributed by atoms with Gasteiger partial charge in [0.2, 0.25) is 0 Å². The lowest BCUT2D eigenvalue weighted by molar-refractivity contribution is 0.460. The third-order valence-corrected chi connectivity index (χ3v) is 2.79. The Hall–Kier alpha value is 0.0400. The highest BCUT2D eigenvalue weighted by molar-refractivity contribution is 7.84. The van der Waals surface area contributed by atoms with Crippen LogP contribution in [0.4, 0.5) is 4.39 Å². The smallest absolute Gasteiger partial charge is 0.0906 e. The zero-order chi connectivity index (χ0) is 8.69. The molecule has 0 spiro atoms. The highest BCUT2D eigenvalue weighted by atomic mass is 32.2. The van der Waals surface area contributed by atoms with Crippen molar-refractivity contribution in [1.29, 1.82) is 0 Å². The first-order chi connectivity index (χ1) is 5.18. The highest BCUT2D eigenvalue weighted by Crippen LogP contribution is 1.89. The van der Waals surface area contributed by atoms with Crippen LogP contribution in [0.15, 0.2) is 0 Å². The Morgan fingerprint density at radius 3 is 2.73 bits per heavy atom. The monoisotopic (exact) mass is 181 g/mol. The van der Waals surface area contributed by atoms with E-state index in [2.05, 4.69) is 5.32 Å². The van der Waals surface area contributed by atoms with Gasteiger partial charge >= 0.3 is 0 Å². The van der Waals surface area contributed by atoms with Crippen LogP contribution in [0, 0.1) is 0 Å². The summed E-state index contributed by atoms with van der Waals surface area (Å²) in [4.78, 5) is 0. The van der Waals surface area contributed by atoms with Gasteiger partial charge < -0.3 is 5.32 Å². The maximum atomic E-state index is 11.6. The second kappa shape index (κ2) is 6.73. The summed E-state index contributed by atoms with van der Waals surface area (Å²) in [7, 11) is -0.772. The molecule has 0 bridgehead atoms. The van der Waals surface area contributed by atoms with Crippen molar-refractivity contribution in [3.8, 4) is 0 Å². The molecule has 0 fully saturated rings. The summed E-state index contributed by atoms with van der Waals surface area (Å²) in [6.45, 7) is 3.02. The van der Waals surface area contributed by atoms with Gasteiger partial charge in [0, 0.05) is 28.9 Å². The maximum Gasteiger partial charge on any atom is 0.0906 e. The van der Waals surface area contributed by atoms with Crippen molar-refractivity contribution in [2.75, 3.05) is 26.0 Å². The number of hydrogen-bond acceptors (Lipinski definition) is 2. The number of halogens is 1. The van der Waals surface area contributed by atoms with Crippen molar-refractivity contribution >= 4 is 10.8 Å². The van der Waals surface area contributed by atoms with Gasteiger partial charge in [-0.2, -0.15) is 0 Å². The Balaban J connectivity index is 3.17. The molecule has 0 amide bonds.